The van der Waals surface area contributed by atoms with Crippen LogP contribution in [0, 0.1) is 0 Å². The van der Waals surface area contributed by atoms with Crippen LogP contribution in [0.5, 0.6) is 0 Å². The third-order valence-corrected chi connectivity index (χ3v) is 4.09. The fourth-order valence-electron chi connectivity index (χ4n) is 1.39. The van der Waals surface area contributed by atoms with Gasteiger partial charge in [0.1, 0.15) is 6.33 Å². The van der Waals surface area contributed by atoms with Gasteiger partial charge < -0.3 is 0 Å². The highest BCUT2D eigenvalue weighted by Gasteiger charge is 2.05. The molecule has 2 rings (SSSR count). The quantitative estimate of drug-likeness (QED) is 0.456. The molecule has 1 heterocycles. The van der Waals surface area contributed by atoms with E-state index in [-0.39, 0.29) is 5.78 Å². The monoisotopic (exact) mass is 264 g/mol. The SMILES string of the molecule is O=C(CCCSc1ncns1)c1ccccc1. The summed E-state index contributed by atoms with van der Waals surface area (Å²) in [5.74, 6) is 1.12. The minimum Gasteiger partial charge on any atom is -0.294 e. The van der Waals surface area contributed by atoms with E-state index >= 15 is 0 Å². The summed E-state index contributed by atoms with van der Waals surface area (Å²) in [5.41, 5.74) is 0.799. The summed E-state index contributed by atoms with van der Waals surface area (Å²) in [4.78, 5) is 15.8. The van der Waals surface area contributed by atoms with Gasteiger partial charge in [0, 0.05) is 17.7 Å². The van der Waals surface area contributed by atoms with Crippen LogP contribution in [0.15, 0.2) is 41.0 Å². The summed E-state index contributed by atoms with van der Waals surface area (Å²) in [7, 11) is 0. The number of thioether (sulfide) groups is 1. The summed E-state index contributed by atoms with van der Waals surface area (Å²) >= 11 is 3.05. The number of Topliss-reactive ketones (excluding diaryl/α,β-unsaturated/α-hetero) is 1. The number of nitrogens with zero attached hydrogens (tertiary/aromatic N) is 2. The van der Waals surface area contributed by atoms with Crippen molar-refractivity contribution in [2.24, 2.45) is 0 Å². The summed E-state index contributed by atoms with van der Waals surface area (Å²) in [6, 6.07) is 9.43. The minimum absolute atomic E-state index is 0.212. The summed E-state index contributed by atoms with van der Waals surface area (Å²) in [5, 5.41) is 0. The van der Waals surface area contributed by atoms with E-state index < -0.39 is 0 Å². The van der Waals surface area contributed by atoms with Gasteiger partial charge in [0.05, 0.1) is 0 Å². The van der Waals surface area contributed by atoms with Crippen LogP contribution in [0.3, 0.4) is 0 Å². The zero-order chi connectivity index (χ0) is 11.9. The molecule has 3 nitrogen and oxygen atoms in total. The van der Waals surface area contributed by atoms with E-state index in [1.54, 1.807) is 18.1 Å². The maximum absolute atomic E-state index is 11.8. The van der Waals surface area contributed by atoms with Gasteiger partial charge in [-0.25, -0.2) is 4.98 Å². The van der Waals surface area contributed by atoms with Gasteiger partial charge in [-0.3, -0.25) is 4.79 Å². The Balaban J connectivity index is 1.70. The second kappa shape index (κ2) is 6.51. The molecule has 88 valence electrons. The lowest BCUT2D eigenvalue weighted by molar-refractivity contribution is 0.0982. The molecule has 0 saturated carbocycles. The molecule has 0 bridgehead atoms. The summed E-state index contributed by atoms with van der Waals surface area (Å²) < 4.78 is 4.90. The van der Waals surface area contributed by atoms with E-state index in [4.69, 9.17) is 0 Å². The zero-order valence-electron chi connectivity index (χ0n) is 9.20. The van der Waals surface area contributed by atoms with E-state index in [1.165, 1.54) is 11.5 Å². The van der Waals surface area contributed by atoms with E-state index in [0.717, 1.165) is 22.1 Å². The van der Waals surface area contributed by atoms with Gasteiger partial charge in [-0.15, -0.1) is 0 Å². The van der Waals surface area contributed by atoms with Crippen molar-refractivity contribution in [1.82, 2.24) is 9.36 Å². The first kappa shape index (κ1) is 12.3. The molecule has 0 aliphatic rings. The van der Waals surface area contributed by atoms with E-state index in [2.05, 4.69) is 9.36 Å². The van der Waals surface area contributed by atoms with Gasteiger partial charge in [-0.2, -0.15) is 4.37 Å². The molecule has 2 aromatic rings. The fourth-order valence-corrected chi connectivity index (χ4v) is 2.84. The molecule has 17 heavy (non-hydrogen) atoms. The van der Waals surface area contributed by atoms with Gasteiger partial charge in [0.15, 0.2) is 10.1 Å². The van der Waals surface area contributed by atoms with E-state index in [1.807, 2.05) is 30.3 Å². The molecule has 5 heteroatoms. The summed E-state index contributed by atoms with van der Waals surface area (Å²) in [6.45, 7) is 0. The number of rotatable bonds is 6. The fraction of sp³-hybridized carbons (Fsp3) is 0.250. The molecule has 0 unspecified atom stereocenters. The molecule has 0 amide bonds. The number of carbonyl (C=O) groups is 1. The molecule has 0 fully saturated rings. The maximum atomic E-state index is 11.8. The lowest BCUT2D eigenvalue weighted by Gasteiger charge is -1.99. The van der Waals surface area contributed by atoms with Crippen LogP contribution in [0.1, 0.15) is 23.2 Å². The first-order chi connectivity index (χ1) is 8.36. The average molecular weight is 264 g/mol. The molecular weight excluding hydrogens is 252 g/mol. The normalized spacial score (nSPS) is 10.4. The Morgan fingerprint density at radius 1 is 1.29 bits per heavy atom. The van der Waals surface area contributed by atoms with Gasteiger partial charge in [0.2, 0.25) is 0 Å². The Morgan fingerprint density at radius 3 is 2.82 bits per heavy atom. The Bertz CT molecular complexity index is 457. The average Bonchev–Trinajstić information content (AvgIpc) is 2.88. The first-order valence-corrected chi connectivity index (χ1v) is 7.10. The predicted molar refractivity (Wildman–Crippen MR) is 70.6 cm³/mol. The Kier molecular flexibility index (Phi) is 4.70. The van der Waals surface area contributed by atoms with Gasteiger partial charge in [0.25, 0.3) is 0 Å². The van der Waals surface area contributed by atoms with Crippen LogP contribution >= 0.6 is 23.3 Å². The molecule has 0 saturated heterocycles. The predicted octanol–water partition coefficient (Wildman–Crippen LogP) is 3.29. The van der Waals surface area contributed by atoms with Crippen molar-refractivity contribution >= 4 is 29.1 Å². The maximum Gasteiger partial charge on any atom is 0.169 e. The molecule has 0 atom stereocenters. The number of aromatic nitrogens is 2. The highest BCUT2D eigenvalue weighted by Crippen LogP contribution is 2.19. The van der Waals surface area contributed by atoms with Crippen molar-refractivity contribution in [1.29, 1.82) is 0 Å². The third kappa shape index (κ3) is 3.94. The highest BCUT2D eigenvalue weighted by atomic mass is 32.2. The van der Waals surface area contributed by atoms with E-state index in [0.29, 0.717) is 6.42 Å². The van der Waals surface area contributed by atoms with Crippen molar-refractivity contribution in [2.75, 3.05) is 5.75 Å². The topological polar surface area (TPSA) is 42.9 Å². The largest absolute Gasteiger partial charge is 0.294 e. The van der Waals surface area contributed by atoms with Crippen molar-refractivity contribution in [3.05, 3.63) is 42.2 Å². The van der Waals surface area contributed by atoms with Crippen molar-refractivity contribution in [3.63, 3.8) is 0 Å². The van der Waals surface area contributed by atoms with Crippen LogP contribution in [0.4, 0.5) is 0 Å². The van der Waals surface area contributed by atoms with Crippen LogP contribution in [0.2, 0.25) is 0 Å². The summed E-state index contributed by atoms with van der Waals surface area (Å²) in [6.07, 6.45) is 3.02. The molecule has 0 N–H and O–H groups in total. The molecule has 0 aliphatic heterocycles. The number of benzene rings is 1. The van der Waals surface area contributed by atoms with Gasteiger partial charge in [-0.1, -0.05) is 42.1 Å². The number of ketones is 1. The molecule has 1 aromatic carbocycles. The van der Waals surface area contributed by atoms with E-state index in [9.17, 15) is 4.79 Å². The Morgan fingerprint density at radius 2 is 2.12 bits per heavy atom. The van der Waals surface area contributed by atoms with Gasteiger partial charge >= 0.3 is 0 Å². The Hall–Kier alpha value is -1.20. The van der Waals surface area contributed by atoms with Crippen LogP contribution in [-0.2, 0) is 0 Å². The number of hydrogen-bond donors (Lipinski definition) is 0. The first-order valence-electron chi connectivity index (χ1n) is 5.34. The second-order valence-electron chi connectivity index (χ2n) is 3.45. The molecule has 0 radical (unpaired) electrons. The third-order valence-electron chi connectivity index (χ3n) is 2.21. The van der Waals surface area contributed by atoms with Crippen molar-refractivity contribution in [2.45, 2.75) is 17.2 Å². The van der Waals surface area contributed by atoms with Crippen LogP contribution in [0.25, 0.3) is 0 Å². The lowest BCUT2D eigenvalue weighted by Crippen LogP contribution is -1.98. The molecule has 0 aliphatic carbocycles. The Labute approximate surface area is 108 Å². The molecule has 1 aromatic heterocycles. The van der Waals surface area contributed by atoms with Crippen molar-refractivity contribution in [3.8, 4) is 0 Å². The zero-order valence-corrected chi connectivity index (χ0v) is 10.8. The molecular formula is C12H12N2OS2. The smallest absolute Gasteiger partial charge is 0.169 e. The van der Waals surface area contributed by atoms with Gasteiger partial charge in [-0.05, 0) is 18.0 Å². The number of hydrogen-bond acceptors (Lipinski definition) is 5. The molecule has 0 spiro atoms. The van der Waals surface area contributed by atoms with Crippen LogP contribution in [-0.4, -0.2) is 20.9 Å². The number of carbonyl (C=O) groups excluding carboxylic acids is 1. The second-order valence-corrected chi connectivity index (χ2v) is 5.57. The van der Waals surface area contributed by atoms with Crippen LogP contribution < -0.4 is 0 Å². The highest BCUT2D eigenvalue weighted by molar-refractivity contribution is 8.00. The standard InChI is InChI=1S/C12H12N2OS2/c15-11(10-5-2-1-3-6-10)7-4-8-16-12-13-9-14-17-12/h1-3,5-6,9H,4,7-8H2. The minimum atomic E-state index is 0.212. The lowest BCUT2D eigenvalue weighted by atomic mass is 10.1. The van der Waals surface area contributed by atoms with Crippen molar-refractivity contribution < 1.29 is 4.79 Å².